The van der Waals surface area contributed by atoms with E-state index in [0.717, 1.165) is 11.1 Å². The molecule has 198 valence electrons. The molecule has 8 nitrogen and oxygen atoms in total. The molecule has 8 heteroatoms. The molecule has 1 amide bonds. The van der Waals surface area contributed by atoms with Gasteiger partial charge in [0.1, 0.15) is 17.4 Å². The Hall–Kier alpha value is -4.25. The molecule has 1 unspecified atom stereocenters. The first-order valence-corrected chi connectivity index (χ1v) is 12.6. The number of benzene rings is 2. The Kier molecular flexibility index (Phi) is 7.49. The number of amides is 1. The number of rotatable bonds is 7. The van der Waals surface area contributed by atoms with E-state index in [1.165, 1.54) is 0 Å². The molecule has 0 spiro atoms. The van der Waals surface area contributed by atoms with Crippen LogP contribution in [0, 0.1) is 30.6 Å². The van der Waals surface area contributed by atoms with Crippen LogP contribution in [0.4, 0.5) is 5.69 Å². The van der Waals surface area contributed by atoms with Gasteiger partial charge < -0.3 is 25.3 Å². The smallest absolute Gasteiger partial charge is 0.262 e. The molecule has 1 aliphatic carbocycles. The van der Waals surface area contributed by atoms with E-state index in [1.807, 2.05) is 52.8 Å². The van der Waals surface area contributed by atoms with Gasteiger partial charge in [-0.3, -0.25) is 9.59 Å². The van der Waals surface area contributed by atoms with Crippen molar-refractivity contribution in [1.82, 2.24) is 0 Å². The van der Waals surface area contributed by atoms with Gasteiger partial charge in [0.05, 0.1) is 12.5 Å². The Labute approximate surface area is 223 Å². The predicted molar refractivity (Wildman–Crippen MR) is 143 cm³/mol. The minimum absolute atomic E-state index is 0.00282. The lowest BCUT2D eigenvalue weighted by Crippen LogP contribution is -2.33. The SMILES string of the molecule is CCOc1cc(C2C(C#N)=C(N)OC3=C2C(=O)CC(C)(C)C3)ccc1OCC(=O)Nc1ccc(C)c(C)c1. The van der Waals surface area contributed by atoms with Gasteiger partial charge in [-0.15, -0.1) is 0 Å². The summed E-state index contributed by atoms with van der Waals surface area (Å²) in [6.07, 6.45) is 0.887. The normalized spacial score (nSPS) is 18.3. The van der Waals surface area contributed by atoms with E-state index in [4.69, 9.17) is 19.9 Å². The fourth-order valence-corrected chi connectivity index (χ4v) is 4.87. The van der Waals surface area contributed by atoms with Crippen molar-refractivity contribution in [2.24, 2.45) is 11.1 Å². The maximum atomic E-state index is 13.2. The molecule has 2 aromatic rings. The molecule has 2 aromatic carbocycles. The Morgan fingerprint density at radius 2 is 1.89 bits per heavy atom. The minimum atomic E-state index is -0.673. The Balaban J connectivity index is 1.60. The largest absolute Gasteiger partial charge is 0.490 e. The summed E-state index contributed by atoms with van der Waals surface area (Å²) in [7, 11) is 0. The third kappa shape index (κ3) is 5.52. The molecule has 1 atom stereocenters. The van der Waals surface area contributed by atoms with Gasteiger partial charge in [0.25, 0.3) is 5.91 Å². The summed E-state index contributed by atoms with van der Waals surface area (Å²) in [4.78, 5) is 25.8. The number of nitriles is 1. The number of hydrogen-bond acceptors (Lipinski definition) is 7. The van der Waals surface area contributed by atoms with Crippen LogP contribution in [0.2, 0.25) is 0 Å². The van der Waals surface area contributed by atoms with Crippen molar-refractivity contribution in [1.29, 1.82) is 5.26 Å². The van der Waals surface area contributed by atoms with Crippen LogP contribution in [-0.4, -0.2) is 24.9 Å². The lowest BCUT2D eigenvalue weighted by atomic mass is 9.70. The standard InChI is InChI=1S/C30H33N3O5/c1-6-36-24-12-19(8-10-23(24)37-16-26(35)33-20-9-7-17(2)18(3)11-20)27-21(15-31)29(32)38-25-14-30(4,5)13-22(34)28(25)27/h7-12,27H,6,13-14,16,32H2,1-5H3,(H,33,35). The van der Waals surface area contributed by atoms with Gasteiger partial charge in [0, 0.05) is 24.1 Å². The quantitative estimate of drug-likeness (QED) is 0.521. The van der Waals surface area contributed by atoms with Gasteiger partial charge in [-0.25, -0.2) is 0 Å². The second-order valence-electron chi connectivity index (χ2n) is 10.5. The average molecular weight is 516 g/mol. The molecule has 0 radical (unpaired) electrons. The number of nitrogens with one attached hydrogen (secondary N) is 1. The lowest BCUT2D eigenvalue weighted by molar-refractivity contribution is -0.119. The Morgan fingerprint density at radius 1 is 1.13 bits per heavy atom. The van der Waals surface area contributed by atoms with E-state index in [0.29, 0.717) is 53.5 Å². The van der Waals surface area contributed by atoms with E-state index in [2.05, 4.69) is 11.4 Å². The third-order valence-electron chi connectivity index (χ3n) is 6.83. The molecule has 0 saturated heterocycles. The number of anilines is 1. The molecule has 0 saturated carbocycles. The van der Waals surface area contributed by atoms with Crippen LogP contribution >= 0.6 is 0 Å². The highest BCUT2D eigenvalue weighted by atomic mass is 16.5. The predicted octanol–water partition coefficient (Wildman–Crippen LogP) is 5.17. The maximum absolute atomic E-state index is 13.2. The summed E-state index contributed by atoms with van der Waals surface area (Å²) < 4.78 is 17.4. The molecule has 1 aliphatic heterocycles. The van der Waals surface area contributed by atoms with Crippen LogP contribution in [0.5, 0.6) is 11.5 Å². The van der Waals surface area contributed by atoms with Crippen LogP contribution in [0.15, 0.2) is 59.2 Å². The van der Waals surface area contributed by atoms with Gasteiger partial charge in [0.2, 0.25) is 5.88 Å². The highest BCUT2D eigenvalue weighted by Crippen LogP contribution is 2.48. The fourth-order valence-electron chi connectivity index (χ4n) is 4.87. The fraction of sp³-hybridized carbons (Fsp3) is 0.367. The topological polar surface area (TPSA) is 124 Å². The molecule has 2 aliphatic rings. The van der Waals surface area contributed by atoms with Gasteiger partial charge in [-0.2, -0.15) is 5.26 Å². The molecule has 3 N–H and O–H groups in total. The molecular formula is C30H33N3O5. The summed E-state index contributed by atoms with van der Waals surface area (Å²) >= 11 is 0. The van der Waals surface area contributed by atoms with Gasteiger partial charge >= 0.3 is 0 Å². The number of ketones is 1. The minimum Gasteiger partial charge on any atom is -0.490 e. The van der Waals surface area contributed by atoms with Crippen molar-refractivity contribution in [3.63, 3.8) is 0 Å². The van der Waals surface area contributed by atoms with Crippen LogP contribution in [0.25, 0.3) is 0 Å². The number of aryl methyl sites for hydroxylation is 2. The van der Waals surface area contributed by atoms with Crippen LogP contribution in [0.1, 0.15) is 56.2 Å². The number of Topliss-reactive ketones (excluding diaryl/α,β-unsaturated/α-hetero) is 1. The number of nitrogens with two attached hydrogens (primary N) is 1. The Morgan fingerprint density at radius 3 is 2.58 bits per heavy atom. The second kappa shape index (κ2) is 10.6. The van der Waals surface area contributed by atoms with Crippen LogP contribution in [-0.2, 0) is 14.3 Å². The second-order valence-corrected chi connectivity index (χ2v) is 10.5. The molecule has 0 aromatic heterocycles. The number of carbonyl (C=O) groups is 2. The molecule has 0 fully saturated rings. The summed E-state index contributed by atoms with van der Waals surface area (Å²) in [6, 6.07) is 13.0. The van der Waals surface area contributed by atoms with Gasteiger partial charge in [-0.1, -0.05) is 26.0 Å². The first-order valence-electron chi connectivity index (χ1n) is 12.6. The number of carbonyl (C=O) groups excluding carboxylic acids is 2. The maximum Gasteiger partial charge on any atom is 0.262 e. The van der Waals surface area contributed by atoms with E-state index in [-0.39, 0.29) is 35.2 Å². The van der Waals surface area contributed by atoms with E-state index < -0.39 is 5.92 Å². The number of hydrogen-bond donors (Lipinski definition) is 2. The molecule has 4 rings (SSSR count). The third-order valence-corrected chi connectivity index (χ3v) is 6.83. The van der Waals surface area contributed by atoms with Crippen molar-refractivity contribution >= 4 is 17.4 Å². The Bertz CT molecular complexity index is 1400. The molecule has 1 heterocycles. The molecule has 38 heavy (non-hydrogen) atoms. The van der Waals surface area contributed by atoms with Crippen molar-refractivity contribution in [2.75, 3.05) is 18.5 Å². The van der Waals surface area contributed by atoms with Gasteiger partial charge in [-0.05, 0) is 67.1 Å². The zero-order valence-corrected chi connectivity index (χ0v) is 22.4. The average Bonchev–Trinajstić information content (AvgIpc) is 2.84. The molecular weight excluding hydrogens is 482 g/mol. The first-order chi connectivity index (χ1) is 18.0. The number of nitrogens with zero attached hydrogens (tertiary/aromatic N) is 1. The first kappa shape index (κ1) is 26.8. The highest BCUT2D eigenvalue weighted by molar-refractivity contribution is 6.00. The lowest BCUT2D eigenvalue weighted by Gasteiger charge is -2.37. The van der Waals surface area contributed by atoms with Crippen molar-refractivity contribution in [3.05, 3.63) is 75.9 Å². The number of ether oxygens (including phenoxy) is 3. The van der Waals surface area contributed by atoms with Crippen molar-refractivity contribution in [2.45, 2.75) is 53.4 Å². The zero-order valence-electron chi connectivity index (χ0n) is 22.4. The number of allylic oxidation sites excluding steroid dienone is 3. The van der Waals surface area contributed by atoms with E-state index in [9.17, 15) is 14.9 Å². The zero-order chi connectivity index (χ0) is 27.6. The van der Waals surface area contributed by atoms with E-state index in [1.54, 1.807) is 18.2 Å². The summed E-state index contributed by atoms with van der Waals surface area (Å²) in [5.41, 5.74) is 10.1. The van der Waals surface area contributed by atoms with Crippen molar-refractivity contribution in [3.8, 4) is 17.6 Å². The van der Waals surface area contributed by atoms with E-state index >= 15 is 0 Å². The molecule has 0 bridgehead atoms. The monoisotopic (exact) mass is 515 g/mol. The van der Waals surface area contributed by atoms with Crippen LogP contribution in [0.3, 0.4) is 0 Å². The van der Waals surface area contributed by atoms with Crippen molar-refractivity contribution < 1.29 is 23.8 Å². The van der Waals surface area contributed by atoms with Crippen LogP contribution < -0.4 is 20.5 Å². The highest BCUT2D eigenvalue weighted by Gasteiger charge is 2.43. The van der Waals surface area contributed by atoms with Gasteiger partial charge in [0.15, 0.2) is 23.9 Å². The summed E-state index contributed by atoms with van der Waals surface area (Å²) in [5.74, 6) is 0.237. The summed E-state index contributed by atoms with van der Waals surface area (Å²) in [5, 5.41) is 12.7. The summed E-state index contributed by atoms with van der Waals surface area (Å²) in [6.45, 7) is 9.97.